The first-order valence-corrected chi connectivity index (χ1v) is 12.1. The summed E-state index contributed by atoms with van der Waals surface area (Å²) in [6.45, 7) is 7.49. The Bertz CT molecular complexity index is 1140. The molecule has 1 atom stereocenters. The molecule has 0 bridgehead atoms. The molecule has 3 heterocycles. The van der Waals surface area contributed by atoms with Crippen molar-refractivity contribution >= 4 is 11.8 Å². The third-order valence-electron chi connectivity index (χ3n) is 5.99. The smallest absolute Gasteiger partial charge is 0.247 e. The second kappa shape index (κ2) is 10.4. The molecule has 1 unspecified atom stereocenters. The first-order valence-electron chi connectivity index (χ1n) is 12.1. The van der Waals surface area contributed by atoms with Crippen molar-refractivity contribution in [3.63, 3.8) is 0 Å². The third-order valence-corrected chi connectivity index (χ3v) is 5.99. The first kappa shape index (κ1) is 24.6. The van der Waals surface area contributed by atoms with E-state index in [1.807, 2.05) is 33.8 Å². The van der Waals surface area contributed by atoms with Crippen molar-refractivity contribution in [1.82, 2.24) is 35.4 Å². The molecule has 3 aromatic rings. The lowest BCUT2D eigenvalue weighted by Crippen LogP contribution is -2.53. The van der Waals surface area contributed by atoms with Gasteiger partial charge in [0.2, 0.25) is 17.6 Å². The SMILES string of the molecule is Cc1ccc(-c2nnn(CC(=O)N(C3CCCCC3)C(C(=O)NC(C)(C)C)c3ccncc3)n2)o1. The van der Waals surface area contributed by atoms with Gasteiger partial charge in [-0.3, -0.25) is 14.6 Å². The molecule has 0 saturated heterocycles. The fourth-order valence-electron chi connectivity index (χ4n) is 4.51. The summed E-state index contributed by atoms with van der Waals surface area (Å²) in [4.78, 5) is 34.5. The van der Waals surface area contributed by atoms with E-state index in [1.165, 1.54) is 4.80 Å². The molecular weight excluding hydrogens is 446 g/mol. The highest BCUT2D eigenvalue weighted by Crippen LogP contribution is 2.31. The Hall–Kier alpha value is -3.56. The lowest BCUT2D eigenvalue weighted by Gasteiger charge is -2.40. The Morgan fingerprint density at radius 1 is 1.14 bits per heavy atom. The van der Waals surface area contributed by atoms with E-state index in [9.17, 15) is 9.59 Å². The number of nitrogens with one attached hydrogen (secondary N) is 1. The van der Waals surface area contributed by atoms with Crippen molar-refractivity contribution in [3.8, 4) is 11.6 Å². The fourth-order valence-corrected chi connectivity index (χ4v) is 4.51. The van der Waals surface area contributed by atoms with Crippen molar-refractivity contribution in [2.45, 2.75) is 84.0 Å². The molecule has 0 spiro atoms. The van der Waals surface area contributed by atoms with Crippen LogP contribution in [0.25, 0.3) is 11.6 Å². The quantitative estimate of drug-likeness (QED) is 0.551. The molecule has 0 radical (unpaired) electrons. The molecular formula is C25H33N7O3. The molecule has 1 aliphatic carbocycles. The van der Waals surface area contributed by atoms with E-state index in [-0.39, 0.29) is 24.4 Å². The molecule has 35 heavy (non-hydrogen) atoms. The van der Waals surface area contributed by atoms with Crippen molar-refractivity contribution in [2.24, 2.45) is 0 Å². The second-order valence-electron chi connectivity index (χ2n) is 10.1. The first-order chi connectivity index (χ1) is 16.7. The van der Waals surface area contributed by atoms with Crippen LogP contribution in [-0.4, -0.2) is 53.5 Å². The number of furan rings is 1. The van der Waals surface area contributed by atoms with E-state index in [2.05, 4.69) is 25.7 Å². The zero-order valence-electron chi connectivity index (χ0n) is 20.8. The minimum Gasteiger partial charge on any atom is -0.458 e. The van der Waals surface area contributed by atoms with Crippen LogP contribution in [0.1, 0.15) is 70.2 Å². The van der Waals surface area contributed by atoms with Gasteiger partial charge in [0.1, 0.15) is 18.3 Å². The second-order valence-corrected chi connectivity index (χ2v) is 10.1. The van der Waals surface area contributed by atoms with Gasteiger partial charge in [-0.05, 0) is 75.6 Å². The van der Waals surface area contributed by atoms with Crippen LogP contribution in [0.2, 0.25) is 0 Å². The highest BCUT2D eigenvalue weighted by atomic mass is 16.3. The molecule has 1 aliphatic rings. The normalized spacial score (nSPS) is 15.5. The number of amides is 2. The number of hydrogen-bond acceptors (Lipinski definition) is 7. The molecule has 10 heteroatoms. The topological polar surface area (TPSA) is 119 Å². The molecule has 0 aromatic carbocycles. The predicted molar refractivity (Wildman–Crippen MR) is 129 cm³/mol. The molecule has 10 nitrogen and oxygen atoms in total. The summed E-state index contributed by atoms with van der Waals surface area (Å²) in [6.07, 6.45) is 8.14. The summed E-state index contributed by atoms with van der Waals surface area (Å²) >= 11 is 0. The Labute approximate surface area is 205 Å². The van der Waals surface area contributed by atoms with Crippen LogP contribution >= 0.6 is 0 Å². The van der Waals surface area contributed by atoms with Gasteiger partial charge >= 0.3 is 0 Å². The maximum absolute atomic E-state index is 13.8. The largest absolute Gasteiger partial charge is 0.458 e. The standard InChI is InChI=1S/C25H33N7O3/c1-17-10-11-20(35-17)23-28-30-31(29-23)16-21(33)32(19-8-6-5-7-9-19)22(18-12-14-26-15-13-18)24(34)27-25(2,3)4/h10-15,19,22H,5-9,16H2,1-4H3,(H,27,34). The van der Waals surface area contributed by atoms with E-state index in [1.54, 1.807) is 35.5 Å². The van der Waals surface area contributed by atoms with Crippen molar-refractivity contribution in [3.05, 3.63) is 48.0 Å². The average molecular weight is 480 g/mol. The van der Waals surface area contributed by atoms with Crippen LogP contribution in [0.3, 0.4) is 0 Å². The molecule has 3 aromatic heterocycles. The maximum atomic E-state index is 13.8. The van der Waals surface area contributed by atoms with Crippen molar-refractivity contribution < 1.29 is 14.0 Å². The zero-order chi connectivity index (χ0) is 25.0. The van der Waals surface area contributed by atoms with Gasteiger partial charge in [-0.1, -0.05) is 19.3 Å². The number of nitrogens with zero attached hydrogens (tertiary/aromatic N) is 6. The Balaban J connectivity index is 1.66. The summed E-state index contributed by atoms with van der Waals surface area (Å²) in [7, 11) is 0. The summed E-state index contributed by atoms with van der Waals surface area (Å²) in [5.74, 6) is 1.08. The highest BCUT2D eigenvalue weighted by molar-refractivity contribution is 5.89. The van der Waals surface area contributed by atoms with Gasteiger partial charge in [-0.25, -0.2) is 0 Å². The van der Waals surface area contributed by atoms with E-state index in [0.29, 0.717) is 11.6 Å². The number of carbonyl (C=O) groups is 2. The Morgan fingerprint density at radius 2 is 1.86 bits per heavy atom. The summed E-state index contributed by atoms with van der Waals surface area (Å²) < 4.78 is 5.57. The van der Waals surface area contributed by atoms with Crippen molar-refractivity contribution in [1.29, 1.82) is 0 Å². The van der Waals surface area contributed by atoms with Gasteiger partial charge in [-0.2, -0.15) is 4.80 Å². The van der Waals surface area contributed by atoms with Gasteiger partial charge < -0.3 is 14.6 Å². The van der Waals surface area contributed by atoms with Crippen LogP contribution < -0.4 is 5.32 Å². The molecule has 1 fully saturated rings. The van der Waals surface area contributed by atoms with E-state index in [0.717, 1.165) is 43.4 Å². The van der Waals surface area contributed by atoms with E-state index >= 15 is 0 Å². The number of pyridine rings is 1. The Morgan fingerprint density at radius 3 is 2.49 bits per heavy atom. The lowest BCUT2D eigenvalue weighted by molar-refractivity contribution is -0.146. The van der Waals surface area contributed by atoms with E-state index in [4.69, 9.17) is 4.42 Å². The fraction of sp³-hybridized carbons (Fsp3) is 0.520. The molecule has 0 aliphatic heterocycles. The Kier molecular flexibility index (Phi) is 7.28. The molecule has 186 valence electrons. The number of aromatic nitrogens is 5. The molecule has 1 saturated carbocycles. The average Bonchev–Trinajstić information content (AvgIpc) is 3.46. The number of carbonyl (C=O) groups excluding carboxylic acids is 2. The highest BCUT2D eigenvalue weighted by Gasteiger charge is 2.38. The van der Waals surface area contributed by atoms with Crippen LogP contribution in [0.5, 0.6) is 0 Å². The number of aryl methyl sites for hydroxylation is 1. The lowest BCUT2D eigenvalue weighted by atomic mass is 9.91. The van der Waals surface area contributed by atoms with Crippen LogP contribution in [0.15, 0.2) is 41.1 Å². The van der Waals surface area contributed by atoms with Crippen LogP contribution in [0, 0.1) is 6.92 Å². The van der Waals surface area contributed by atoms with Gasteiger partial charge in [0.25, 0.3) is 0 Å². The van der Waals surface area contributed by atoms with Gasteiger partial charge in [0.15, 0.2) is 5.76 Å². The van der Waals surface area contributed by atoms with Gasteiger partial charge in [-0.15, -0.1) is 10.2 Å². The summed E-state index contributed by atoms with van der Waals surface area (Å²) in [6, 6.07) is 6.32. The van der Waals surface area contributed by atoms with Crippen LogP contribution in [-0.2, 0) is 16.1 Å². The summed E-state index contributed by atoms with van der Waals surface area (Å²) in [5.41, 5.74) is 0.270. The monoisotopic (exact) mass is 479 g/mol. The maximum Gasteiger partial charge on any atom is 0.247 e. The number of hydrogen-bond donors (Lipinski definition) is 1. The van der Waals surface area contributed by atoms with Gasteiger partial charge in [0.05, 0.1) is 0 Å². The molecule has 4 rings (SSSR count). The zero-order valence-corrected chi connectivity index (χ0v) is 20.8. The van der Waals surface area contributed by atoms with E-state index < -0.39 is 11.6 Å². The molecule has 1 N–H and O–H groups in total. The van der Waals surface area contributed by atoms with Crippen molar-refractivity contribution in [2.75, 3.05) is 0 Å². The number of rotatable bonds is 7. The van der Waals surface area contributed by atoms with Crippen LogP contribution in [0.4, 0.5) is 0 Å². The van der Waals surface area contributed by atoms with Gasteiger partial charge in [0, 0.05) is 24.0 Å². The minimum atomic E-state index is -0.788. The predicted octanol–water partition coefficient (Wildman–Crippen LogP) is 3.45. The minimum absolute atomic E-state index is 0.0594. The third kappa shape index (κ3) is 6.12. The number of tetrazole rings is 1. The molecule has 2 amide bonds. The summed E-state index contributed by atoms with van der Waals surface area (Å²) in [5, 5.41) is 15.5.